The van der Waals surface area contributed by atoms with Crippen molar-refractivity contribution in [1.82, 2.24) is 16.0 Å². The number of nitrogens with one attached hydrogen (secondary N) is 3. The number of aliphatic carboxylic acids is 1. The van der Waals surface area contributed by atoms with Gasteiger partial charge in [-0.1, -0.05) is 20.3 Å². The number of carboxylic acids is 1. The highest BCUT2D eigenvalue weighted by atomic mass is 16.4. The molecular weight excluding hydrogens is 410 g/mol. The second kappa shape index (κ2) is 14.7. The highest BCUT2D eigenvalue weighted by Gasteiger charge is 2.34. The summed E-state index contributed by atoms with van der Waals surface area (Å²) in [5.74, 6) is -3.96. The fraction of sp³-hybridized carbons (Fsp3) is 0.789. The third-order valence-electron chi connectivity index (χ3n) is 4.95. The van der Waals surface area contributed by atoms with Crippen molar-refractivity contribution in [2.45, 2.75) is 76.7 Å². The first-order chi connectivity index (χ1) is 14.5. The van der Waals surface area contributed by atoms with E-state index in [4.69, 9.17) is 16.6 Å². The molecule has 12 nitrogen and oxygen atoms in total. The number of carbonyl (C=O) groups excluding carboxylic acids is 3. The van der Waals surface area contributed by atoms with Crippen molar-refractivity contribution in [3.05, 3.63) is 0 Å². The van der Waals surface area contributed by atoms with Crippen LogP contribution in [-0.4, -0.2) is 82.4 Å². The maximum Gasteiger partial charge on any atom is 0.326 e. The van der Waals surface area contributed by atoms with Crippen molar-refractivity contribution in [1.29, 1.82) is 0 Å². The van der Waals surface area contributed by atoms with Gasteiger partial charge < -0.3 is 42.7 Å². The SMILES string of the molecule is CCC(C)C(NC(=O)C(N)CO)C(=O)NC(C(=O)NC(CCCCN)C(=O)O)C(C)O. The topological polar surface area (TPSA) is 217 Å². The summed E-state index contributed by atoms with van der Waals surface area (Å²) in [6.45, 7) is 4.54. The second-order valence-electron chi connectivity index (χ2n) is 7.57. The Balaban J connectivity index is 5.36. The van der Waals surface area contributed by atoms with Gasteiger partial charge in [-0.15, -0.1) is 0 Å². The summed E-state index contributed by atoms with van der Waals surface area (Å²) < 4.78 is 0. The zero-order valence-electron chi connectivity index (χ0n) is 18.3. The molecule has 0 saturated carbocycles. The van der Waals surface area contributed by atoms with Gasteiger partial charge in [-0.2, -0.15) is 0 Å². The van der Waals surface area contributed by atoms with Crippen LogP contribution in [0, 0.1) is 5.92 Å². The zero-order chi connectivity index (χ0) is 24.1. The second-order valence-corrected chi connectivity index (χ2v) is 7.57. The van der Waals surface area contributed by atoms with Crippen LogP contribution in [0.4, 0.5) is 0 Å². The molecule has 10 N–H and O–H groups in total. The smallest absolute Gasteiger partial charge is 0.326 e. The van der Waals surface area contributed by atoms with Crippen LogP contribution in [0.1, 0.15) is 46.5 Å². The minimum Gasteiger partial charge on any atom is -0.480 e. The molecule has 0 spiro atoms. The Morgan fingerprint density at radius 1 is 0.935 bits per heavy atom. The van der Waals surface area contributed by atoms with Gasteiger partial charge in [0, 0.05) is 0 Å². The lowest BCUT2D eigenvalue weighted by molar-refractivity contribution is -0.143. The predicted octanol–water partition coefficient (Wildman–Crippen LogP) is -2.60. The predicted molar refractivity (Wildman–Crippen MR) is 113 cm³/mol. The van der Waals surface area contributed by atoms with E-state index in [0.717, 1.165) is 0 Å². The lowest BCUT2D eigenvalue weighted by Gasteiger charge is -2.28. The maximum absolute atomic E-state index is 12.8. The quantitative estimate of drug-likeness (QED) is 0.123. The number of unbranched alkanes of at least 4 members (excludes halogenated alkanes) is 1. The van der Waals surface area contributed by atoms with E-state index in [2.05, 4.69) is 16.0 Å². The highest BCUT2D eigenvalue weighted by Crippen LogP contribution is 2.10. The van der Waals surface area contributed by atoms with E-state index < -0.39 is 60.6 Å². The summed E-state index contributed by atoms with van der Waals surface area (Å²) in [5.41, 5.74) is 10.9. The van der Waals surface area contributed by atoms with Gasteiger partial charge in [0.05, 0.1) is 12.7 Å². The lowest BCUT2D eigenvalue weighted by atomic mass is 9.97. The van der Waals surface area contributed by atoms with Gasteiger partial charge in [0.1, 0.15) is 24.2 Å². The number of aliphatic hydroxyl groups is 2. The molecule has 0 fully saturated rings. The molecule has 0 aliphatic heterocycles. The van der Waals surface area contributed by atoms with E-state index in [1.807, 2.05) is 0 Å². The Kier molecular flexibility index (Phi) is 13.6. The first-order valence-electron chi connectivity index (χ1n) is 10.4. The molecule has 0 bridgehead atoms. The molecular formula is C19H37N5O7. The molecule has 0 aromatic heterocycles. The van der Waals surface area contributed by atoms with Crippen molar-refractivity contribution in [3.8, 4) is 0 Å². The molecule has 0 aromatic carbocycles. The van der Waals surface area contributed by atoms with E-state index in [0.29, 0.717) is 25.8 Å². The van der Waals surface area contributed by atoms with Gasteiger partial charge in [-0.3, -0.25) is 14.4 Å². The summed E-state index contributed by atoms with van der Waals surface area (Å²) >= 11 is 0. The van der Waals surface area contributed by atoms with E-state index in [1.165, 1.54) is 6.92 Å². The molecule has 180 valence electrons. The summed E-state index contributed by atoms with van der Waals surface area (Å²) in [6, 6.07) is -4.95. The number of hydrogen-bond acceptors (Lipinski definition) is 8. The molecule has 0 aliphatic rings. The minimum absolute atomic E-state index is 0.142. The van der Waals surface area contributed by atoms with Crippen molar-refractivity contribution in [2.75, 3.05) is 13.2 Å². The van der Waals surface area contributed by atoms with Crippen LogP contribution in [0.5, 0.6) is 0 Å². The van der Waals surface area contributed by atoms with E-state index >= 15 is 0 Å². The van der Waals surface area contributed by atoms with Crippen LogP contribution >= 0.6 is 0 Å². The lowest BCUT2D eigenvalue weighted by Crippen LogP contribution is -2.61. The van der Waals surface area contributed by atoms with Crippen molar-refractivity contribution in [3.63, 3.8) is 0 Å². The Morgan fingerprint density at radius 3 is 1.94 bits per heavy atom. The van der Waals surface area contributed by atoms with Crippen molar-refractivity contribution < 1.29 is 34.5 Å². The van der Waals surface area contributed by atoms with Crippen LogP contribution in [0.25, 0.3) is 0 Å². The number of carboxylic acid groups (broad SMARTS) is 1. The van der Waals surface area contributed by atoms with E-state index in [-0.39, 0.29) is 12.3 Å². The molecule has 0 aliphatic carbocycles. The van der Waals surface area contributed by atoms with Crippen LogP contribution < -0.4 is 27.4 Å². The first kappa shape index (κ1) is 28.7. The Morgan fingerprint density at radius 2 is 1.48 bits per heavy atom. The normalized spacial score (nSPS) is 16.9. The average Bonchev–Trinajstić information content (AvgIpc) is 2.72. The minimum atomic E-state index is -1.45. The van der Waals surface area contributed by atoms with Gasteiger partial charge in [0.2, 0.25) is 17.7 Å². The summed E-state index contributed by atoms with van der Waals surface area (Å²) in [6.07, 6.45) is 0.370. The molecule has 6 unspecified atom stereocenters. The third-order valence-corrected chi connectivity index (χ3v) is 4.95. The fourth-order valence-corrected chi connectivity index (χ4v) is 2.71. The van der Waals surface area contributed by atoms with Crippen LogP contribution in [0.2, 0.25) is 0 Å². The molecule has 0 rings (SSSR count). The zero-order valence-corrected chi connectivity index (χ0v) is 18.3. The molecule has 12 heteroatoms. The molecule has 6 atom stereocenters. The van der Waals surface area contributed by atoms with E-state index in [1.54, 1.807) is 13.8 Å². The molecule has 0 aromatic rings. The Bertz CT molecular complexity index is 602. The van der Waals surface area contributed by atoms with Gasteiger partial charge >= 0.3 is 5.97 Å². The van der Waals surface area contributed by atoms with Crippen LogP contribution in [0.3, 0.4) is 0 Å². The van der Waals surface area contributed by atoms with Gasteiger partial charge in [-0.05, 0) is 38.6 Å². The summed E-state index contributed by atoms with van der Waals surface area (Å²) in [4.78, 5) is 48.8. The molecule has 0 saturated heterocycles. The first-order valence-corrected chi connectivity index (χ1v) is 10.4. The summed E-state index contributed by atoms with van der Waals surface area (Å²) in [5, 5.41) is 35.5. The van der Waals surface area contributed by atoms with Gasteiger partial charge in [0.25, 0.3) is 0 Å². The molecule has 0 heterocycles. The van der Waals surface area contributed by atoms with Crippen LogP contribution in [-0.2, 0) is 19.2 Å². The largest absolute Gasteiger partial charge is 0.480 e. The maximum atomic E-state index is 12.8. The Hall–Kier alpha value is -2.28. The highest BCUT2D eigenvalue weighted by molar-refractivity contribution is 5.94. The summed E-state index contributed by atoms with van der Waals surface area (Å²) in [7, 11) is 0. The third kappa shape index (κ3) is 10.0. The van der Waals surface area contributed by atoms with Crippen molar-refractivity contribution in [2.24, 2.45) is 17.4 Å². The number of amides is 3. The number of nitrogens with two attached hydrogens (primary N) is 2. The molecule has 31 heavy (non-hydrogen) atoms. The fourth-order valence-electron chi connectivity index (χ4n) is 2.71. The molecule has 3 amide bonds. The standard InChI is InChI=1S/C19H37N5O7/c1-4-10(2)14(23-16(27)12(21)9-25)17(28)24-15(11(3)26)18(29)22-13(19(30)31)7-5-6-8-20/h10-15,25-26H,4-9,20-21H2,1-3H3,(H,22,29)(H,23,27)(H,24,28)(H,30,31). The van der Waals surface area contributed by atoms with Gasteiger partial charge in [0.15, 0.2) is 0 Å². The monoisotopic (exact) mass is 447 g/mol. The van der Waals surface area contributed by atoms with E-state index in [9.17, 15) is 29.4 Å². The van der Waals surface area contributed by atoms with Crippen molar-refractivity contribution >= 4 is 23.7 Å². The number of carbonyl (C=O) groups is 4. The van der Waals surface area contributed by atoms with Crippen LogP contribution in [0.15, 0.2) is 0 Å². The number of aliphatic hydroxyl groups excluding tert-OH is 2. The van der Waals surface area contributed by atoms with Gasteiger partial charge in [-0.25, -0.2) is 4.79 Å². The molecule has 0 radical (unpaired) electrons. The number of hydrogen-bond donors (Lipinski definition) is 8. The average molecular weight is 448 g/mol. The number of rotatable bonds is 15. The Labute approximate surface area is 182 Å².